The van der Waals surface area contributed by atoms with Crippen molar-refractivity contribution in [3.63, 3.8) is 0 Å². The average Bonchev–Trinajstić information content (AvgIpc) is 3.32. The second kappa shape index (κ2) is 8.47. The van der Waals surface area contributed by atoms with Gasteiger partial charge in [-0.15, -0.1) is 5.52 Å². The van der Waals surface area contributed by atoms with Gasteiger partial charge >= 0.3 is 29.6 Å². The van der Waals surface area contributed by atoms with Crippen LogP contribution in [0, 0.1) is 6.92 Å². The minimum Gasteiger partial charge on any atom is -0.585 e. The van der Waals surface area contributed by atoms with Crippen molar-refractivity contribution in [2.75, 3.05) is 7.11 Å². The summed E-state index contributed by atoms with van der Waals surface area (Å²) in [4.78, 5) is 30.4. The molecule has 0 aliphatic heterocycles. The molecule has 3 heterocycles. The Balaban J connectivity index is 0.00000231. The number of benzene rings is 2. The minimum atomic E-state index is -0.273. The summed E-state index contributed by atoms with van der Waals surface area (Å²) in [5.41, 5.74) is 2.24. The molecule has 0 aliphatic rings. The van der Waals surface area contributed by atoms with Gasteiger partial charge in [0.05, 0.1) is 23.9 Å². The SMILES string of the molecule is COc1ccc(Cn2c(C)c3c(=O)n(-c4nc5ccccc5s4)[n-]c3cc2=O)cc1.[Na+]. The Morgan fingerprint density at radius 3 is 2.55 bits per heavy atom. The van der Waals surface area contributed by atoms with Crippen LogP contribution in [0.2, 0.25) is 0 Å². The third-order valence-corrected chi connectivity index (χ3v) is 6.14. The van der Waals surface area contributed by atoms with E-state index in [1.54, 1.807) is 18.6 Å². The number of aryl methyl sites for hydroxylation is 1. The summed E-state index contributed by atoms with van der Waals surface area (Å²) in [6, 6.07) is 16.6. The van der Waals surface area contributed by atoms with Gasteiger partial charge in [0.25, 0.3) is 0 Å². The maximum atomic E-state index is 13.2. The van der Waals surface area contributed by atoms with Crippen molar-refractivity contribution in [3.05, 3.63) is 86.6 Å². The fourth-order valence-electron chi connectivity index (χ4n) is 3.55. The Bertz CT molecular complexity index is 1480. The number of ether oxygens (including phenoxy) is 1. The van der Waals surface area contributed by atoms with Crippen LogP contribution in [-0.2, 0) is 6.54 Å². The summed E-state index contributed by atoms with van der Waals surface area (Å²) in [7, 11) is 1.61. The van der Waals surface area contributed by atoms with E-state index < -0.39 is 0 Å². The van der Waals surface area contributed by atoms with Gasteiger partial charge in [-0.1, -0.05) is 35.6 Å². The van der Waals surface area contributed by atoms with E-state index in [4.69, 9.17) is 4.74 Å². The molecule has 0 atom stereocenters. The van der Waals surface area contributed by atoms with Crippen LogP contribution < -0.4 is 50.5 Å². The van der Waals surface area contributed by atoms with Crippen molar-refractivity contribution in [2.24, 2.45) is 0 Å². The Morgan fingerprint density at radius 2 is 1.84 bits per heavy atom. The van der Waals surface area contributed by atoms with E-state index in [0.29, 0.717) is 28.3 Å². The van der Waals surface area contributed by atoms with Gasteiger partial charge in [-0.3, -0.25) is 9.59 Å². The van der Waals surface area contributed by atoms with E-state index in [-0.39, 0.29) is 40.7 Å². The topological polar surface area (TPSA) is 80.2 Å². The molecule has 3 aromatic heterocycles. The molecule has 0 amide bonds. The number of aromatic nitrogens is 4. The molecule has 5 aromatic rings. The number of thiazole rings is 1. The maximum Gasteiger partial charge on any atom is 1.00 e. The first-order valence-electron chi connectivity index (χ1n) is 9.34. The van der Waals surface area contributed by atoms with Gasteiger partial charge in [-0.25, -0.2) is 4.98 Å². The van der Waals surface area contributed by atoms with E-state index in [1.165, 1.54) is 22.1 Å². The number of hydrogen-bond acceptors (Lipinski definition) is 5. The number of methoxy groups -OCH3 is 1. The van der Waals surface area contributed by atoms with Gasteiger partial charge in [0.2, 0.25) is 11.1 Å². The van der Waals surface area contributed by atoms with Gasteiger partial charge in [0.1, 0.15) is 5.75 Å². The number of rotatable bonds is 4. The van der Waals surface area contributed by atoms with Gasteiger partial charge in [-0.05, 0) is 42.8 Å². The molecular weight excluding hydrogens is 423 g/mol. The Morgan fingerprint density at radius 1 is 1.10 bits per heavy atom. The molecule has 0 N–H and O–H groups in total. The van der Waals surface area contributed by atoms with Crippen molar-refractivity contribution in [2.45, 2.75) is 13.5 Å². The largest absolute Gasteiger partial charge is 1.00 e. The number of hydrogen-bond donors (Lipinski definition) is 0. The molecule has 5 rings (SSSR count). The van der Waals surface area contributed by atoms with Crippen LogP contribution in [0.5, 0.6) is 5.75 Å². The van der Waals surface area contributed by atoms with E-state index >= 15 is 0 Å². The van der Waals surface area contributed by atoms with Crippen LogP contribution in [0.1, 0.15) is 11.3 Å². The van der Waals surface area contributed by atoms with Crippen molar-refractivity contribution >= 4 is 32.5 Å². The van der Waals surface area contributed by atoms with Crippen molar-refractivity contribution in [1.29, 1.82) is 0 Å². The minimum absolute atomic E-state index is 0. The number of nitrogens with zero attached hydrogens (tertiary/aromatic N) is 4. The summed E-state index contributed by atoms with van der Waals surface area (Å²) in [6.45, 7) is 2.13. The zero-order valence-corrected chi connectivity index (χ0v) is 20.1. The first-order chi connectivity index (χ1) is 14.5. The average molecular weight is 440 g/mol. The molecule has 0 bridgehead atoms. The summed E-state index contributed by atoms with van der Waals surface area (Å²) < 4.78 is 9.04. The number of para-hydroxylation sites is 1. The summed E-state index contributed by atoms with van der Waals surface area (Å²) in [5.74, 6) is 0.747. The van der Waals surface area contributed by atoms with Gasteiger partial charge < -0.3 is 19.1 Å². The number of pyridine rings is 1. The monoisotopic (exact) mass is 440 g/mol. The van der Waals surface area contributed by atoms with Gasteiger partial charge in [-0.2, -0.15) is 0 Å². The number of fused-ring (bicyclic) bond motifs is 2. The fraction of sp³-hybridized carbons (Fsp3) is 0.136. The smallest absolute Gasteiger partial charge is 0.585 e. The predicted molar refractivity (Wildman–Crippen MR) is 117 cm³/mol. The standard InChI is InChI=1S/C22H18N4O3S.Na/c1-13-20-17(11-19(27)25(13)12-14-7-9-15(29-2)10-8-14)24-26(21(20)28)22-23-16-5-3-4-6-18(16)30-22;/h3-11H,12H2,1-2H3,(H,24,27);/q;+1/p-1. The third kappa shape index (κ3) is 3.76. The van der Waals surface area contributed by atoms with Crippen LogP contribution in [0.3, 0.4) is 0 Å². The predicted octanol–water partition coefficient (Wildman–Crippen LogP) is 0.0886. The zero-order chi connectivity index (χ0) is 20.8. The van der Waals surface area contributed by atoms with Crippen LogP contribution in [-0.4, -0.2) is 21.3 Å². The molecule has 2 aromatic carbocycles. The van der Waals surface area contributed by atoms with Crippen LogP contribution in [0.4, 0.5) is 0 Å². The van der Waals surface area contributed by atoms with E-state index in [2.05, 4.69) is 10.1 Å². The first-order valence-corrected chi connectivity index (χ1v) is 10.2. The molecule has 7 nitrogen and oxygen atoms in total. The second-order valence-electron chi connectivity index (χ2n) is 6.94. The molecule has 31 heavy (non-hydrogen) atoms. The molecule has 0 spiro atoms. The van der Waals surface area contributed by atoms with Crippen molar-refractivity contribution in [3.8, 4) is 10.9 Å². The first kappa shape index (κ1) is 21.6. The van der Waals surface area contributed by atoms with Crippen molar-refractivity contribution < 1.29 is 34.3 Å². The van der Waals surface area contributed by atoms with Crippen LogP contribution in [0.15, 0.2) is 64.2 Å². The summed E-state index contributed by atoms with van der Waals surface area (Å²) >= 11 is 1.39. The molecular formula is C22H17N4NaO3S. The van der Waals surface area contributed by atoms with Crippen LogP contribution in [0.25, 0.3) is 26.3 Å². The van der Waals surface area contributed by atoms with Crippen LogP contribution >= 0.6 is 11.3 Å². The Kier molecular flexibility index (Phi) is 5.90. The van der Waals surface area contributed by atoms with E-state index in [9.17, 15) is 9.59 Å². The van der Waals surface area contributed by atoms with Gasteiger partial charge in [0, 0.05) is 11.1 Å². The second-order valence-corrected chi connectivity index (χ2v) is 7.95. The molecule has 0 unspecified atom stereocenters. The third-order valence-electron chi connectivity index (χ3n) is 5.13. The van der Waals surface area contributed by atoms with Gasteiger partial charge in [0.15, 0.2) is 5.13 Å². The van der Waals surface area contributed by atoms with E-state index in [0.717, 1.165) is 21.5 Å². The Hall–Kier alpha value is -2.65. The normalized spacial score (nSPS) is 11.0. The van der Waals surface area contributed by atoms with E-state index in [1.807, 2.05) is 48.5 Å². The molecule has 0 saturated heterocycles. The Labute approximate surface area is 203 Å². The molecule has 0 radical (unpaired) electrons. The molecule has 0 saturated carbocycles. The molecule has 0 fully saturated rings. The quantitative estimate of drug-likeness (QED) is 0.370. The molecule has 0 aliphatic carbocycles. The zero-order valence-electron chi connectivity index (χ0n) is 17.3. The summed E-state index contributed by atoms with van der Waals surface area (Å²) in [5, 5.41) is 5.32. The molecule has 150 valence electrons. The fourth-order valence-corrected chi connectivity index (χ4v) is 4.46. The maximum absolute atomic E-state index is 13.2. The summed E-state index contributed by atoms with van der Waals surface area (Å²) in [6.07, 6.45) is 0. The molecule has 9 heteroatoms. The van der Waals surface area contributed by atoms with Crippen molar-refractivity contribution in [1.82, 2.24) is 19.3 Å².